The number of nitrogens with zero attached hydrogens (tertiary/aromatic N) is 5. The first-order chi connectivity index (χ1) is 16.0. The maximum atomic E-state index is 12.8. The van der Waals surface area contributed by atoms with E-state index in [1.807, 2.05) is 43.7 Å². The van der Waals surface area contributed by atoms with Crippen molar-refractivity contribution in [3.63, 3.8) is 0 Å². The molecule has 1 aliphatic carbocycles. The van der Waals surface area contributed by atoms with Gasteiger partial charge in [0.25, 0.3) is 0 Å². The van der Waals surface area contributed by atoms with Gasteiger partial charge in [-0.3, -0.25) is 4.98 Å². The predicted octanol–water partition coefficient (Wildman–Crippen LogP) is 4.03. The van der Waals surface area contributed by atoms with Gasteiger partial charge >= 0.3 is 0 Å². The molecule has 33 heavy (non-hydrogen) atoms. The van der Waals surface area contributed by atoms with Gasteiger partial charge in [-0.15, -0.1) is 0 Å². The maximum Gasteiger partial charge on any atom is 0.217 e. The van der Waals surface area contributed by atoms with Crippen LogP contribution < -0.4 is 5.32 Å². The van der Waals surface area contributed by atoms with Crippen LogP contribution in [0, 0.1) is 0 Å². The molecular formula is C23H23BrN6O2S. The topological polar surface area (TPSA) is 92.5 Å². The molecule has 2 aliphatic rings. The number of para-hydroxylation sites is 1. The third-order valence-corrected chi connectivity index (χ3v) is 9.74. The third kappa shape index (κ3) is 3.43. The molecule has 4 aromatic rings. The number of nitrogens with one attached hydrogen (secondary N) is 1. The van der Waals surface area contributed by atoms with E-state index in [-0.39, 0.29) is 11.2 Å². The smallest absolute Gasteiger partial charge is 0.217 e. The molecule has 4 heterocycles. The van der Waals surface area contributed by atoms with Crippen LogP contribution >= 0.6 is 15.9 Å². The molecule has 8 nitrogen and oxygen atoms in total. The van der Waals surface area contributed by atoms with Crippen molar-refractivity contribution in [2.75, 3.05) is 25.5 Å². The van der Waals surface area contributed by atoms with E-state index in [0.29, 0.717) is 13.1 Å². The number of sulfonamides is 1. The molecule has 1 aromatic carbocycles. The molecule has 0 amide bonds. The lowest BCUT2D eigenvalue weighted by Gasteiger charge is -2.18. The Labute approximate surface area is 200 Å². The summed E-state index contributed by atoms with van der Waals surface area (Å²) in [6, 6.07) is 10.1. The number of anilines is 1. The number of halogens is 1. The van der Waals surface area contributed by atoms with Crippen LogP contribution in [-0.4, -0.2) is 57.7 Å². The van der Waals surface area contributed by atoms with Gasteiger partial charge in [-0.2, -0.15) is 9.61 Å². The first kappa shape index (κ1) is 21.0. The van der Waals surface area contributed by atoms with E-state index in [9.17, 15) is 8.42 Å². The van der Waals surface area contributed by atoms with Gasteiger partial charge in [-0.05, 0) is 47.3 Å². The number of aromatic nitrogens is 4. The Kier molecular flexibility index (Phi) is 4.93. The molecule has 6 rings (SSSR count). The van der Waals surface area contributed by atoms with Gasteiger partial charge in [0, 0.05) is 48.8 Å². The molecule has 1 saturated carbocycles. The van der Waals surface area contributed by atoms with Crippen molar-refractivity contribution in [2.24, 2.45) is 0 Å². The van der Waals surface area contributed by atoms with Crippen molar-refractivity contribution >= 4 is 48.3 Å². The molecule has 170 valence electrons. The lowest BCUT2D eigenvalue weighted by atomic mass is 10.0. The molecule has 0 bridgehead atoms. The average Bonchev–Trinajstić information content (AvgIpc) is 3.43. The molecular weight excluding hydrogens is 504 g/mol. The van der Waals surface area contributed by atoms with E-state index in [0.717, 1.165) is 62.9 Å². The highest BCUT2D eigenvalue weighted by Crippen LogP contribution is 2.40. The Morgan fingerprint density at radius 2 is 1.97 bits per heavy atom. The first-order valence-electron chi connectivity index (χ1n) is 11.1. The zero-order valence-corrected chi connectivity index (χ0v) is 20.5. The fourth-order valence-corrected chi connectivity index (χ4v) is 7.34. The molecule has 3 aromatic heterocycles. The van der Waals surface area contributed by atoms with Gasteiger partial charge in [0.05, 0.1) is 27.1 Å². The van der Waals surface area contributed by atoms with Crippen molar-refractivity contribution in [3.05, 3.63) is 52.9 Å². The number of benzene rings is 1. The van der Waals surface area contributed by atoms with Crippen molar-refractivity contribution in [2.45, 2.75) is 30.4 Å². The van der Waals surface area contributed by atoms with Crippen LogP contribution in [0.1, 0.15) is 30.9 Å². The number of hydrogen-bond acceptors (Lipinski definition) is 6. The minimum Gasteiger partial charge on any atom is -0.372 e. The van der Waals surface area contributed by atoms with Gasteiger partial charge in [0.1, 0.15) is 5.82 Å². The Hall–Kier alpha value is -2.56. The van der Waals surface area contributed by atoms with Crippen LogP contribution in [0.4, 0.5) is 5.82 Å². The number of fused-ring (bicyclic) bond motifs is 2. The monoisotopic (exact) mass is 526 g/mol. The predicted molar refractivity (Wildman–Crippen MR) is 132 cm³/mol. The van der Waals surface area contributed by atoms with E-state index >= 15 is 0 Å². The summed E-state index contributed by atoms with van der Waals surface area (Å²) in [6.07, 6.45) is 5.96. The summed E-state index contributed by atoms with van der Waals surface area (Å²) in [6.45, 7) is 1.00. The summed E-state index contributed by atoms with van der Waals surface area (Å²) in [5.41, 5.74) is 4.34. The Morgan fingerprint density at radius 1 is 1.15 bits per heavy atom. The van der Waals surface area contributed by atoms with E-state index in [4.69, 9.17) is 4.98 Å². The van der Waals surface area contributed by atoms with Crippen molar-refractivity contribution in [1.82, 2.24) is 23.9 Å². The standard InChI is InChI=1S/C23H23BrN6O2S/c1-25-23-20(24)21(15-8-9-29(13-15)33(31,32)17-6-7-17)28-22-18(12-27-30(22)23)16-10-14-4-2-3-5-19(14)26-11-16/h2-5,10-12,15,17,25H,6-9,13H2,1H3. The average molecular weight is 527 g/mol. The van der Waals surface area contributed by atoms with Crippen LogP contribution in [0.25, 0.3) is 27.7 Å². The molecule has 0 spiro atoms. The van der Waals surface area contributed by atoms with Crippen LogP contribution in [0.2, 0.25) is 0 Å². The lowest BCUT2D eigenvalue weighted by Crippen LogP contribution is -2.31. The SMILES string of the molecule is CNc1c(Br)c(C2CCN(S(=O)(=O)C3CC3)C2)nc2c(-c3cnc4ccccc4c3)cnn12. The molecule has 2 fully saturated rings. The summed E-state index contributed by atoms with van der Waals surface area (Å²) in [5, 5.41) is 8.68. The second kappa shape index (κ2) is 7.75. The highest BCUT2D eigenvalue weighted by atomic mass is 79.9. The van der Waals surface area contributed by atoms with E-state index in [1.54, 1.807) is 8.82 Å². The van der Waals surface area contributed by atoms with Gasteiger partial charge in [-0.1, -0.05) is 18.2 Å². The summed E-state index contributed by atoms with van der Waals surface area (Å²) < 4.78 is 29.8. The van der Waals surface area contributed by atoms with E-state index < -0.39 is 10.0 Å². The summed E-state index contributed by atoms with van der Waals surface area (Å²) >= 11 is 3.72. The Balaban J connectivity index is 1.44. The van der Waals surface area contributed by atoms with Crippen LogP contribution in [0.15, 0.2) is 47.2 Å². The number of pyridine rings is 1. The molecule has 1 unspecified atom stereocenters. The zero-order chi connectivity index (χ0) is 22.7. The maximum absolute atomic E-state index is 12.8. The normalized spacial score (nSPS) is 19.5. The fourth-order valence-electron chi connectivity index (χ4n) is 4.66. The molecule has 1 N–H and O–H groups in total. The van der Waals surface area contributed by atoms with Gasteiger partial charge in [0.2, 0.25) is 10.0 Å². The van der Waals surface area contributed by atoms with Gasteiger partial charge in [-0.25, -0.2) is 17.7 Å². The summed E-state index contributed by atoms with van der Waals surface area (Å²) in [5.74, 6) is 0.806. The number of rotatable bonds is 5. The van der Waals surface area contributed by atoms with Crippen LogP contribution in [0.5, 0.6) is 0 Å². The quantitative estimate of drug-likeness (QED) is 0.422. The van der Waals surface area contributed by atoms with Crippen LogP contribution in [0.3, 0.4) is 0 Å². The van der Waals surface area contributed by atoms with E-state index in [1.165, 1.54) is 0 Å². The lowest BCUT2D eigenvalue weighted by molar-refractivity contribution is 0.470. The second-order valence-corrected chi connectivity index (χ2v) is 11.7. The Morgan fingerprint density at radius 3 is 2.76 bits per heavy atom. The molecule has 0 radical (unpaired) electrons. The first-order valence-corrected chi connectivity index (χ1v) is 13.4. The molecule has 1 saturated heterocycles. The summed E-state index contributed by atoms with van der Waals surface area (Å²) in [4.78, 5) is 9.62. The summed E-state index contributed by atoms with van der Waals surface area (Å²) in [7, 11) is -1.34. The van der Waals surface area contributed by atoms with Crippen LogP contribution in [-0.2, 0) is 10.0 Å². The molecule has 1 aliphatic heterocycles. The largest absolute Gasteiger partial charge is 0.372 e. The van der Waals surface area contributed by atoms with Gasteiger partial charge in [0.15, 0.2) is 5.65 Å². The van der Waals surface area contributed by atoms with Crippen molar-refractivity contribution < 1.29 is 8.42 Å². The van der Waals surface area contributed by atoms with E-state index in [2.05, 4.69) is 37.4 Å². The Bertz CT molecular complexity index is 1500. The minimum absolute atomic E-state index is 0.0162. The second-order valence-electron chi connectivity index (χ2n) is 8.71. The fraction of sp³-hybridized carbons (Fsp3) is 0.348. The van der Waals surface area contributed by atoms with Crippen molar-refractivity contribution in [3.8, 4) is 11.1 Å². The minimum atomic E-state index is -3.19. The highest BCUT2D eigenvalue weighted by Gasteiger charge is 2.43. The zero-order valence-electron chi connectivity index (χ0n) is 18.1. The molecule has 1 atom stereocenters. The highest BCUT2D eigenvalue weighted by molar-refractivity contribution is 9.10. The molecule has 10 heteroatoms. The third-order valence-electron chi connectivity index (χ3n) is 6.60. The van der Waals surface area contributed by atoms with Gasteiger partial charge < -0.3 is 5.32 Å². The number of hydrogen-bond donors (Lipinski definition) is 1. The van der Waals surface area contributed by atoms with Crippen molar-refractivity contribution in [1.29, 1.82) is 0 Å².